The number of aryl methyl sites for hydroxylation is 1. The molecule has 3 rings (SSSR count). The van der Waals surface area contributed by atoms with Gasteiger partial charge in [0.05, 0.1) is 0 Å². The molecule has 0 fully saturated rings. The summed E-state index contributed by atoms with van der Waals surface area (Å²) in [4.78, 5) is 15.5. The summed E-state index contributed by atoms with van der Waals surface area (Å²) < 4.78 is 11.3. The largest absolute Gasteiger partial charge is 0.413 e. The number of para-hydroxylation sites is 1. The minimum atomic E-state index is -0.404. The number of amides is 1. The van der Waals surface area contributed by atoms with E-state index in [-0.39, 0.29) is 12.5 Å². The number of rotatable bonds is 6. The molecule has 1 amide bonds. The molecule has 0 spiro atoms. The van der Waals surface area contributed by atoms with Gasteiger partial charge in [-0.3, -0.25) is 4.79 Å². The number of hydrogen-bond acceptors (Lipinski definition) is 4. The third kappa shape index (κ3) is 3.94. The van der Waals surface area contributed by atoms with E-state index >= 15 is 0 Å². The van der Waals surface area contributed by atoms with Crippen LogP contribution >= 0.6 is 11.6 Å². The standard InChI is InChI=1S/C18H15ClN2O3/c19-13-8-6-12(7-9-13)17-15(10-11-16(20)22)24-18(21-17)23-14-4-2-1-3-5-14/h1-9H,10-11H2,(H2,20,22). The van der Waals surface area contributed by atoms with Gasteiger partial charge in [-0.2, -0.15) is 4.98 Å². The maximum absolute atomic E-state index is 11.1. The van der Waals surface area contributed by atoms with Crippen molar-refractivity contribution in [2.24, 2.45) is 5.73 Å². The maximum atomic E-state index is 11.1. The van der Waals surface area contributed by atoms with Gasteiger partial charge in [-0.1, -0.05) is 41.9 Å². The van der Waals surface area contributed by atoms with Gasteiger partial charge in [-0.05, 0) is 24.3 Å². The lowest BCUT2D eigenvalue weighted by molar-refractivity contribution is -0.118. The first-order valence-electron chi connectivity index (χ1n) is 7.38. The normalized spacial score (nSPS) is 10.5. The number of nitrogens with zero attached hydrogens (tertiary/aromatic N) is 1. The minimum Gasteiger partial charge on any atom is -0.413 e. The third-order valence-corrected chi connectivity index (χ3v) is 3.59. The van der Waals surface area contributed by atoms with Crippen molar-refractivity contribution in [1.29, 1.82) is 0 Å². The molecule has 0 unspecified atom stereocenters. The quantitative estimate of drug-likeness (QED) is 0.728. The Kier molecular flexibility index (Phi) is 4.82. The summed E-state index contributed by atoms with van der Waals surface area (Å²) in [7, 11) is 0. The van der Waals surface area contributed by atoms with Crippen LogP contribution < -0.4 is 10.5 Å². The molecule has 0 aliphatic carbocycles. The second kappa shape index (κ2) is 7.19. The van der Waals surface area contributed by atoms with Gasteiger partial charge in [0.1, 0.15) is 17.2 Å². The van der Waals surface area contributed by atoms with Crippen molar-refractivity contribution < 1.29 is 13.9 Å². The summed E-state index contributed by atoms with van der Waals surface area (Å²) >= 11 is 5.92. The second-order valence-corrected chi connectivity index (χ2v) is 5.58. The maximum Gasteiger partial charge on any atom is 0.399 e. The van der Waals surface area contributed by atoms with Crippen LogP contribution in [-0.4, -0.2) is 10.9 Å². The molecule has 6 heteroatoms. The van der Waals surface area contributed by atoms with Crippen molar-refractivity contribution in [3.05, 3.63) is 65.4 Å². The molecule has 0 aliphatic heterocycles. The van der Waals surface area contributed by atoms with Crippen LogP contribution in [0.15, 0.2) is 59.0 Å². The number of benzene rings is 2. The van der Waals surface area contributed by atoms with Gasteiger partial charge in [0.2, 0.25) is 5.91 Å². The average Bonchev–Trinajstić information content (AvgIpc) is 2.97. The van der Waals surface area contributed by atoms with E-state index in [0.29, 0.717) is 28.6 Å². The number of carbonyl (C=O) groups is 1. The zero-order chi connectivity index (χ0) is 16.9. The first kappa shape index (κ1) is 16.1. The zero-order valence-corrected chi connectivity index (χ0v) is 13.5. The van der Waals surface area contributed by atoms with Crippen LogP contribution in [0.25, 0.3) is 11.3 Å². The van der Waals surface area contributed by atoms with Gasteiger partial charge in [0, 0.05) is 23.4 Å². The molecule has 0 atom stereocenters. The predicted molar refractivity (Wildman–Crippen MR) is 91.0 cm³/mol. The molecule has 0 bridgehead atoms. The van der Waals surface area contributed by atoms with Crippen LogP contribution in [0.3, 0.4) is 0 Å². The zero-order valence-electron chi connectivity index (χ0n) is 12.7. The first-order valence-corrected chi connectivity index (χ1v) is 7.76. The number of halogens is 1. The van der Waals surface area contributed by atoms with Crippen LogP contribution in [0.1, 0.15) is 12.2 Å². The Morgan fingerprint density at radius 3 is 2.50 bits per heavy atom. The van der Waals surface area contributed by atoms with Gasteiger partial charge in [0.25, 0.3) is 0 Å². The topological polar surface area (TPSA) is 78.4 Å². The molecule has 122 valence electrons. The molecule has 2 N–H and O–H groups in total. The van der Waals surface area contributed by atoms with Gasteiger partial charge in [0.15, 0.2) is 0 Å². The fraction of sp³-hybridized carbons (Fsp3) is 0.111. The Bertz CT molecular complexity index is 829. The van der Waals surface area contributed by atoms with E-state index in [1.54, 1.807) is 24.3 Å². The average molecular weight is 343 g/mol. The Hall–Kier alpha value is -2.79. The number of carbonyl (C=O) groups excluding carboxylic acids is 1. The van der Waals surface area contributed by atoms with Crippen LogP contribution in [-0.2, 0) is 11.2 Å². The van der Waals surface area contributed by atoms with E-state index in [9.17, 15) is 4.79 Å². The van der Waals surface area contributed by atoms with Crippen molar-refractivity contribution in [3.8, 4) is 23.1 Å². The monoisotopic (exact) mass is 342 g/mol. The summed E-state index contributed by atoms with van der Waals surface area (Å²) in [5, 5.41) is 0.627. The second-order valence-electron chi connectivity index (χ2n) is 5.14. The Balaban J connectivity index is 1.92. The number of hydrogen-bond donors (Lipinski definition) is 1. The number of ether oxygens (including phenoxy) is 1. The van der Waals surface area contributed by atoms with Crippen molar-refractivity contribution >= 4 is 17.5 Å². The summed E-state index contributed by atoms with van der Waals surface area (Å²) in [5.74, 6) is 0.754. The Morgan fingerprint density at radius 1 is 1.12 bits per heavy atom. The van der Waals surface area contributed by atoms with Crippen LogP contribution in [0.2, 0.25) is 5.02 Å². The van der Waals surface area contributed by atoms with Crippen LogP contribution in [0.5, 0.6) is 11.8 Å². The number of primary amides is 1. The summed E-state index contributed by atoms with van der Waals surface area (Å²) in [6.07, 6.45) is 0.629. The van der Waals surface area contributed by atoms with E-state index in [4.69, 9.17) is 26.5 Å². The molecule has 0 aliphatic rings. The van der Waals surface area contributed by atoms with Gasteiger partial charge in [-0.25, -0.2) is 0 Å². The molecule has 1 aromatic heterocycles. The SMILES string of the molecule is NC(=O)CCc1oc(Oc2ccccc2)nc1-c1ccc(Cl)cc1. The predicted octanol–water partition coefficient (Wildman–Crippen LogP) is 4.21. The highest BCUT2D eigenvalue weighted by molar-refractivity contribution is 6.30. The lowest BCUT2D eigenvalue weighted by Crippen LogP contribution is -2.11. The molecule has 3 aromatic rings. The lowest BCUT2D eigenvalue weighted by atomic mass is 10.1. The Labute approximate surface area is 144 Å². The van der Waals surface area contributed by atoms with Crippen molar-refractivity contribution in [2.45, 2.75) is 12.8 Å². The van der Waals surface area contributed by atoms with E-state index in [1.165, 1.54) is 0 Å². The van der Waals surface area contributed by atoms with Crippen molar-refractivity contribution in [1.82, 2.24) is 4.98 Å². The fourth-order valence-electron chi connectivity index (χ4n) is 2.20. The summed E-state index contributed by atoms with van der Waals surface area (Å²) in [5.41, 5.74) is 6.66. The highest BCUT2D eigenvalue weighted by Crippen LogP contribution is 2.31. The van der Waals surface area contributed by atoms with Crippen LogP contribution in [0.4, 0.5) is 0 Å². The first-order chi connectivity index (χ1) is 11.6. The molecule has 0 saturated carbocycles. The number of oxazole rings is 1. The molecule has 0 saturated heterocycles. The highest BCUT2D eigenvalue weighted by atomic mass is 35.5. The van der Waals surface area contributed by atoms with Crippen molar-refractivity contribution in [3.63, 3.8) is 0 Å². The van der Waals surface area contributed by atoms with E-state index < -0.39 is 5.91 Å². The van der Waals surface area contributed by atoms with Gasteiger partial charge < -0.3 is 14.9 Å². The van der Waals surface area contributed by atoms with Gasteiger partial charge in [-0.15, -0.1) is 0 Å². The molecule has 5 nitrogen and oxygen atoms in total. The molecule has 1 heterocycles. The molecule has 2 aromatic carbocycles. The van der Waals surface area contributed by atoms with Crippen molar-refractivity contribution in [2.75, 3.05) is 0 Å². The minimum absolute atomic E-state index is 0.116. The van der Waals surface area contributed by atoms with E-state index in [0.717, 1.165) is 5.56 Å². The van der Waals surface area contributed by atoms with E-state index in [1.807, 2.05) is 30.3 Å². The molecular formula is C18H15ClN2O3. The fourth-order valence-corrected chi connectivity index (χ4v) is 2.33. The molecular weight excluding hydrogens is 328 g/mol. The van der Waals surface area contributed by atoms with Gasteiger partial charge >= 0.3 is 6.08 Å². The lowest BCUT2D eigenvalue weighted by Gasteiger charge is -2.00. The number of aromatic nitrogens is 1. The Morgan fingerprint density at radius 2 is 1.83 bits per heavy atom. The molecule has 0 radical (unpaired) electrons. The van der Waals surface area contributed by atoms with E-state index in [2.05, 4.69) is 4.98 Å². The van der Waals surface area contributed by atoms with Crippen LogP contribution in [0, 0.1) is 0 Å². The molecule has 24 heavy (non-hydrogen) atoms. The third-order valence-electron chi connectivity index (χ3n) is 3.34. The highest BCUT2D eigenvalue weighted by Gasteiger charge is 2.17. The number of nitrogens with two attached hydrogens (primary N) is 1. The summed E-state index contributed by atoms with van der Waals surface area (Å²) in [6, 6.07) is 16.4. The summed E-state index contributed by atoms with van der Waals surface area (Å²) in [6.45, 7) is 0. The smallest absolute Gasteiger partial charge is 0.399 e.